The lowest BCUT2D eigenvalue weighted by Gasteiger charge is -2.38. The zero-order valence-corrected chi connectivity index (χ0v) is 8.17. The van der Waals surface area contributed by atoms with Crippen LogP contribution in [0, 0.1) is 5.92 Å². The molecule has 0 spiro atoms. The van der Waals surface area contributed by atoms with E-state index in [2.05, 4.69) is 0 Å². The first-order valence-corrected chi connectivity index (χ1v) is 5.76. The molecule has 1 fully saturated rings. The van der Waals surface area contributed by atoms with Crippen molar-refractivity contribution < 1.29 is 18.3 Å². The monoisotopic (exact) mass is 207 g/mol. The second-order valence-electron chi connectivity index (χ2n) is 3.85. The fraction of sp³-hybridized carbons (Fsp3) is 0.857. The van der Waals surface area contributed by atoms with Crippen molar-refractivity contribution in [1.82, 2.24) is 0 Å². The summed E-state index contributed by atoms with van der Waals surface area (Å²) in [5.41, 5.74) is 4.79. The van der Waals surface area contributed by atoms with Crippen molar-refractivity contribution in [1.29, 1.82) is 0 Å². The zero-order chi connectivity index (χ0) is 10.3. The summed E-state index contributed by atoms with van der Waals surface area (Å²) in [5.74, 6) is -1.16. The quantitative estimate of drug-likeness (QED) is 0.633. The Kier molecular flexibility index (Phi) is 2.38. The van der Waals surface area contributed by atoms with Crippen LogP contribution in [0.2, 0.25) is 0 Å². The van der Waals surface area contributed by atoms with Gasteiger partial charge in [0.05, 0.1) is 17.9 Å². The molecule has 0 bridgehead atoms. The Morgan fingerprint density at radius 2 is 2.08 bits per heavy atom. The molecular weight excluding hydrogens is 194 g/mol. The molecule has 0 amide bonds. The van der Waals surface area contributed by atoms with Gasteiger partial charge in [-0.05, 0) is 6.92 Å². The maximum Gasteiger partial charge on any atom is 0.305 e. The number of nitrogens with two attached hydrogens (primary N) is 1. The molecule has 1 aliphatic heterocycles. The van der Waals surface area contributed by atoms with Crippen LogP contribution in [0.15, 0.2) is 0 Å². The molecule has 5 nitrogen and oxygen atoms in total. The van der Waals surface area contributed by atoms with Gasteiger partial charge in [0.25, 0.3) is 0 Å². The third kappa shape index (κ3) is 2.41. The molecule has 0 aromatic carbocycles. The fourth-order valence-corrected chi connectivity index (χ4v) is 3.31. The lowest BCUT2D eigenvalue weighted by atomic mass is 9.86. The molecule has 3 N–H and O–H groups in total. The lowest BCUT2D eigenvalue weighted by molar-refractivity contribution is -0.138. The Balaban J connectivity index is 2.58. The first-order valence-electron chi connectivity index (χ1n) is 3.94. The highest BCUT2D eigenvalue weighted by molar-refractivity contribution is 7.92. The highest BCUT2D eigenvalue weighted by Gasteiger charge is 2.44. The van der Waals surface area contributed by atoms with Crippen LogP contribution in [0.1, 0.15) is 13.3 Å². The van der Waals surface area contributed by atoms with Gasteiger partial charge in [0.2, 0.25) is 0 Å². The van der Waals surface area contributed by atoms with Gasteiger partial charge in [0.1, 0.15) is 0 Å². The Morgan fingerprint density at radius 1 is 1.62 bits per heavy atom. The highest BCUT2D eigenvalue weighted by Crippen LogP contribution is 2.29. The predicted octanol–water partition coefficient (Wildman–Crippen LogP) is -0.777. The van der Waals surface area contributed by atoms with Crippen molar-refractivity contribution in [3.63, 3.8) is 0 Å². The molecule has 1 aliphatic rings. The van der Waals surface area contributed by atoms with Gasteiger partial charge in [-0.15, -0.1) is 0 Å². The zero-order valence-electron chi connectivity index (χ0n) is 7.36. The number of aliphatic carboxylic acids is 1. The maximum atomic E-state index is 10.8. The van der Waals surface area contributed by atoms with E-state index in [1.54, 1.807) is 6.92 Å². The van der Waals surface area contributed by atoms with E-state index in [1.165, 1.54) is 0 Å². The predicted molar refractivity (Wildman–Crippen MR) is 47.0 cm³/mol. The SMILES string of the molecule is CC(N)(CC(=O)O)C1CS(=O)(=O)C1. The fourth-order valence-electron chi connectivity index (χ4n) is 1.42. The summed E-state index contributed by atoms with van der Waals surface area (Å²) in [6.45, 7) is 1.58. The van der Waals surface area contributed by atoms with Crippen LogP contribution < -0.4 is 5.73 Å². The van der Waals surface area contributed by atoms with Crippen molar-refractivity contribution in [3.8, 4) is 0 Å². The van der Waals surface area contributed by atoms with Crippen LogP contribution >= 0.6 is 0 Å². The number of sulfone groups is 1. The third-order valence-corrected chi connectivity index (χ3v) is 4.20. The first-order chi connectivity index (χ1) is 5.73. The summed E-state index contributed by atoms with van der Waals surface area (Å²) in [6.07, 6.45) is -0.187. The molecule has 6 heteroatoms. The second-order valence-corrected chi connectivity index (χ2v) is 6.00. The van der Waals surface area contributed by atoms with Crippen LogP contribution in [0.4, 0.5) is 0 Å². The molecule has 1 atom stereocenters. The van der Waals surface area contributed by atoms with E-state index >= 15 is 0 Å². The summed E-state index contributed by atoms with van der Waals surface area (Å²) in [4.78, 5) is 10.4. The summed E-state index contributed by atoms with van der Waals surface area (Å²) in [7, 11) is -2.92. The van der Waals surface area contributed by atoms with Gasteiger partial charge in [-0.2, -0.15) is 0 Å². The van der Waals surface area contributed by atoms with Crippen molar-refractivity contribution in [3.05, 3.63) is 0 Å². The molecule has 1 unspecified atom stereocenters. The Bertz CT molecular complexity index is 307. The van der Waals surface area contributed by atoms with Gasteiger partial charge in [-0.3, -0.25) is 4.79 Å². The number of carboxylic acid groups (broad SMARTS) is 1. The molecular formula is C7H13NO4S. The normalized spacial score (nSPS) is 26.0. The van der Waals surface area contributed by atoms with E-state index in [4.69, 9.17) is 10.8 Å². The van der Waals surface area contributed by atoms with Crippen molar-refractivity contribution in [2.45, 2.75) is 18.9 Å². The number of rotatable bonds is 3. The van der Waals surface area contributed by atoms with Crippen molar-refractivity contribution >= 4 is 15.8 Å². The van der Waals surface area contributed by atoms with E-state index in [0.29, 0.717) is 0 Å². The second kappa shape index (κ2) is 2.95. The molecule has 0 saturated carbocycles. The van der Waals surface area contributed by atoms with E-state index in [-0.39, 0.29) is 23.8 Å². The topological polar surface area (TPSA) is 97.5 Å². The summed E-state index contributed by atoms with van der Waals surface area (Å²) < 4.78 is 21.7. The molecule has 1 saturated heterocycles. The molecule has 76 valence electrons. The number of hydrogen-bond acceptors (Lipinski definition) is 4. The van der Waals surface area contributed by atoms with E-state index in [1.807, 2.05) is 0 Å². The van der Waals surface area contributed by atoms with Crippen LogP contribution in [0.3, 0.4) is 0 Å². The van der Waals surface area contributed by atoms with Gasteiger partial charge in [0.15, 0.2) is 9.84 Å². The molecule has 0 aliphatic carbocycles. The highest BCUT2D eigenvalue weighted by atomic mass is 32.2. The summed E-state index contributed by atoms with van der Waals surface area (Å²) >= 11 is 0. The molecule has 13 heavy (non-hydrogen) atoms. The third-order valence-electron chi connectivity index (χ3n) is 2.37. The lowest BCUT2D eigenvalue weighted by Crippen LogP contribution is -2.56. The van der Waals surface area contributed by atoms with Crippen molar-refractivity contribution in [2.24, 2.45) is 11.7 Å². The number of carbonyl (C=O) groups is 1. The van der Waals surface area contributed by atoms with Gasteiger partial charge >= 0.3 is 5.97 Å². The van der Waals surface area contributed by atoms with Gasteiger partial charge < -0.3 is 10.8 Å². The molecule has 0 radical (unpaired) electrons. The molecule has 1 rings (SSSR count). The first kappa shape index (κ1) is 10.5. The number of carboxylic acids is 1. The number of hydrogen-bond donors (Lipinski definition) is 2. The molecule has 1 heterocycles. The van der Waals surface area contributed by atoms with E-state index in [9.17, 15) is 13.2 Å². The van der Waals surface area contributed by atoms with Crippen LogP contribution in [-0.4, -0.2) is 36.5 Å². The molecule has 0 aromatic rings. The van der Waals surface area contributed by atoms with Gasteiger partial charge in [0, 0.05) is 11.5 Å². The van der Waals surface area contributed by atoms with Crippen LogP contribution in [0.25, 0.3) is 0 Å². The van der Waals surface area contributed by atoms with Gasteiger partial charge in [-0.1, -0.05) is 0 Å². The Labute approximate surface area is 76.8 Å². The maximum absolute atomic E-state index is 10.8. The van der Waals surface area contributed by atoms with Crippen LogP contribution in [0.5, 0.6) is 0 Å². The van der Waals surface area contributed by atoms with E-state index in [0.717, 1.165) is 0 Å². The summed E-state index contributed by atoms with van der Waals surface area (Å²) in [6, 6.07) is 0. The summed E-state index contributed by atoms with van der Waals surface area (Å²) in [5, 5.41) is 8.52. The standard InChI is InChI=1S/C7H13NO4S/c1-7(8,2-6(9)10)5-3-13(11,12)4-5/h5H,2-4,8H2,1H3,(H,9,10). The average Bonchev–Trinajstić information content (AvgIpc) is 1.79. The van der Waals surface area contributed by atoms with Crippen LogP contribution in [-0.2, 0) is 14.6 Å². The van der Waals surface area contributed by atoms with E-state index < -0.39 is 21.3 Å². The smallest absolute Gasteiger partial charge is 0.305 e. The Hall–Kier alpha value is -0.620. The Morgan fingerprint density at radius 3 is 2.38 bits per heavy atom. The largest absolute Gasteiger partial charge is 0.481 e. The minimum atomic E-state index is -2.92. The minimum absolute atomic E-state index is 0.0211. The molecule has 0 aromatic heterocycles. The minimum Gasteiger partial charge on any atom is -0.481 e. The van der Waals surface area contributed by atoms with Crippen molar-refractivity contribution in [2.75, 3.05) is 11.5 Å². The average molecular weight is 207 g/mol. The van der Waals surface area contributed by atoms with Gasteiger partial charge in [-0.25, -0.2) is 8.42 Å².